The summed E-state index contributed by atoms with van der Waals surface area (Å²) in [5.41, 5.74) is 1.50. The quantitative estimate of drug-likeness (QED) is 0.532. The number of nitrogens with one attached hydrogen (secondary N) is 2. The number of benzene rings is 3. The van der Waals surface area contributed by atoms with Crippen molar-refractivity contribution < 1.29 is 17.6 Å². The van der Waals surface area contributed by atoms with E-state index in [9.17, 15) is 17.6 Å². The molecule has 0 saturated carbocycles. The first-order chi connectivity index (χ1) is 13.7. The topological polar surface area (TPSA) is 75.3 Å². The lowest BCUT2D eigenvalue weighted by Crippen LogP contribution is -2.17. The molecule has 0 saturated heterocycles. The molecule has 150 valence electrons. The monoisotopic (exact) mass is 476 g/mol. The smallest absolute Gasteiger partial charge is 0.262 e. The molecule has 3 rings (SSSR count). The van der Waals surface area contributed by atoms with E-state index in [0.717, 1.165) is 10.0 Å². The Hall–Kier alpha value is -2.71. The van der Waals surface area contributed by atoms with Gasteiger partial charge in [-0.05, 0) is 54.4 Å². The first-order valence-electron chi connectivity index (χ1n) is 8.67. The number of para-hydroxylation sites is 1. The largest absolute Gasteiger partial charge is 0.326 e. The van der Waals surface area contributed by atoms with Crippen LogP contribution in [0.3, 0.4) is 0 Å². The minimum atomic E-state index is -4.03. The number of anilines is 2. The van der Waals surface area contributed by atoms with Crippen LogP contribution >= 0.6 is 15.9 Å². The van der Waals surface area contributed by atoms with Crippen LogP contribution in [0.1, 0.15) is 11.1 Å². The van der Waals surface area contributed by atoms with Crippen LogP contribution in [0.15, 0.2) is 76.1 Å². The zero-order chi connectivity index (χ0) is 21.0. The highest BCUT2D eigenvalue weighted by Gasteiger charge is 2.19. The number of hydrogen-bond acceptors (Lipinski definition) is 3. The van der Waals surface area contributed by atoms with E-state index < -0.39 is 15.8 Å². The van der Waals surface area contributed by atoms with E-state index in [1.807, 2.05) is 24.3 Å². The van der Waals surface area contributed by atoms with Gasteiger partial charge in [0.1, 0.15) is 5.82 Å². The maximum Gasteiger partial charge on any atom is 0.262 e. The van der Waals surface area contributed by atoms with Gasteiger partial charge in [-0.1, -0.05) is 46.3 Å². The second kappa shape index (κ2) is 8.75. The molecule has 0 bridgehead atoms. The standard InChI is InChI=1S/C21H18BrFN2O3S/c1-14-6-11-17(24-21(26)12-15-7-9-16(22)10-8-15)13-20(14)29(27,28)25-19-5-3-2-4-18(19)23/h2-11,13,25H,12H2,1H3,(H,24,26). The highest BCUT2D eigenvalue weighted by molar-refractivity contribution is 9.10. The van der Waals surface area contributed by atoms with Crippen molar-refractivity contribution >= 4 is 43.2 Å². The molecule has 0 radical (unpaired) electrons. The van der Waals surface area contributed by atoms with Crippen LogP contribution in [0.25, 0.3) is 0 Å². The van der Waals surface area contributed by atoms with Gasteiger partial charge in [-0.3, -0.25) is 9.52 Å². The van der Waals surface area contributed by atoms with Crippen LogP contribution in [-0.2, 0) is 21.2 Å². The Bertz CT molecular complexity index is 1150. The van der Waals surface area contributed by atoms with Gasteiger partial charge in [0.05, 0.1) is 17.0 Å². The summed E-state index contributed by atoms with van der Waals surface area (Å²) in [4.78, 5) is 12.3. The Kier molecular flexibility index (Phi) is 6.34. The fourth-order valence-corrected chi connectivity index (χ4v) is 4.31. The highest BCUT2D eigenvalue weighted by Crippen LogP contribution is 2.24. The van der Waals surface area contributed by atoms with Crippen LogP contribution < -0.4 is 10.0 Å². The SMILES string of the molecule is Cc1ccc(NC(=O)Cc2ccc(Br)cc2)cc1S(=O)(=O)Nc1ccccc1F. The van der Waals surface area contributed by atoms with Gasteiger partial charge in [0.15, 0.2) is 0 Å². The molecular weight excluding hydrogens is 459 g/mol. The maximum absolute atomic E-state index is 13.8. The molecule has 0 aliphatic carbocycles. The zero-order valence-electron chi connectivity index (χ0n) is 15.4. The highest BCUT2D eigenvalue weighted by atomic mass is 79.9. The molecule has 0 atom stereocenters. The minimum absolute atomic E-state index is 0.0396. The van der Waals surface area contributed by atoms with Crippen LogP contribution in [0.4, 0.5) is 15.8 Å². The first kappa shape index (κ1) is 21.0. The van der Waals surface area contributed by atoms with Gasteiger partial charge in [-0.25, -0.2) is 12.8 Å². The summed E-state index contributed by atoms with van der Waals surface area (Å²) in [7, 11) is -4.03. The number of hydrogen-bond donors (Lipinski definition) is 2. The molecule has 8 heteroatoms. The van der Waals surface area contributed by atoms with E-state index in [4.69, 9.17) is 0 Å². The summed E-state index contributed by atoms with van der Waals surface area (Å²) in [5.74, 6) is -0.950. The summed E-state index contributed by atoms with van der Waals surface area (Å²) in [6, 6.07) is 17.4. The Labute approximate surface area is 177 Å². The third kappa shape index (κ3) is 5.42. The van der Waals surface area contributed by atoms with Gasteiger partial charge in [0.2, 0.25) is 5.91 Å². The fraction of sp³-hybridized carbons (Fsp3) is 0.0952. The van der Waals surface area contributed by atoms with E-state index in [1.54, 1.807) is 19.1 Å². The average molecular weight is 477 g/mol. The molecule has 0 aromatic heterocycles. The number of carbonyl (C=O) groups is 1. The van der Waals surface area contributed by atoms with E-state index in [-0.39, 0.29) is 22.9 Å². The van der Waals surface area contributed by atoms with Crippen molar-refractivity contribution in [3.63, 3.8) is 0 Å². The van der Waals surface area contributed by atoms with Crippen molar-refractivity contribution in [1.29, 1.82) is 0 Å². The first-order valence-corrected chi connectivity index (χ1v) is 10.9. The normalized spacial score (nSPS) is 11.1. The van der Waals surface area contributed by atoms with Gasteiger partial charge >= 0.3 is 0 Å². The Morgan fingerprint density at radius 1 is 1.03 bits per heavy atom. The van der Waals surface area contributed by atoms with E-state index in [2.05, 4.69) is 26.0 Å². The summed E-state index contributed by atoms with van der Waals surface area (Å²) in [5, 5.41) is 2.70. The fourth-order valence-electron chi connectivity index (χ4n) is 2.70. The van der Waals surface area contributed by atoms with Gasteiger partial charge in [-0.15, -0.1) is 0 Å². The molecule has 3 aromatic carbocycles. The number of carbonyl (C=O) groups excluding carboxylic acids is 1. The Morgan fingerprint density at radius 2 is 1.72 bits per heavy atom. The van der Waals surface area contributed by atoms with Crippen molar-refractivity contribution in [2.45, 2.75) is 18.2 Å². The Balaban J connectivity index is 1.79. The van der Waals surface area contributed by atoms with E-state index >= 15 is 0 Å². The third-order valence-electron chi connectivity index (χ3n) is 4.16. The van der Waals surface area contributed by atoms with Crippen LogP contribution in [0, 0.1) is 12.7 Å². The zero-order valence-corrected chi connectivity index (χ0v) is 17.8. The second-order valence-corrected chi connectivity index (χ2v) is 8.98. The predicted octanol–water partition coefficient (Wildman–Crippen LogP) is 4.88. The minimum Gasteiger partial charge on any atom is -0.326 e. The molecule has 2 N–H and O–H groups in total. The summed E-state index contributed by atoms with van der Waals surface area (Å²) < 4.78 is 42.5. The molecule has 29 heavy (non-hydrogen) atoms. The van der Waals surface area contributed by atoms with Crippen LogP contribution in [-0.4, -0.2) is 14.3 Å². The number of halogens is 2. The second-order valence-electron chi connectivity index (χ2n) is 6.42. The molecule has 0 heterocycles. The average Bonchev–Trinajstić information content (AvgIpc) is 2.67. The number of amides is 1. The predicted molar refractivity (Wildman–Crippen MR) is 115 cm³/mol. The van der Waals surface area contributed by atoms with Crippen molar-refractivity contribution in [3.05, 3.63) is 88.1 Å². The van der Waals surface area contributed by atoms with Gasteiger partial charge < -0.3 is 5.32 Å². The van der Waals surface area contributed by atoms with Crippen molar-refractivity contribution in [2.24, 2.45) is 0 Å². The van der Waals surface area contributed by atoms with E-state index in [0.29, 0.717) is 11.3 Å². The van der Waals surface area contributed by atoms with Gasteiger partial charge in [-0.2, -0.15) is 0 Å². The lowest BCUT2D eigenvalue weighted by Gasteiger charge is -2.13. The molecular formula is C21H18BrFN2O3S. The molecule has 0 fully saturated rings. The third-order valence-corrected chi connectivity index (χ3v) is 6.19. The van der Waals surface area contributed by atoms with E-state index in [1.165, 1.54) is 30.3 Å². The molecule has 0 unspecified atom stereocenters. The summed E-state index contributed by atoms with van der Waals surface area (Å²) >= 11 is 3.34. The molecule has 1 amide bonds. The van der Waals surface area contributed by atoms with Crippen molar-refractivity contribution in [3.8, 4) is 0 Å². The summed E-state index contributed by atoms with van der Waals surface area (Å²) in [6.07, 6.45) is 0.150. The van der Waals surface area contributed by atoms with Gasteiger partial charge in [0, 0.05) is 10.2 Å². The maximum atomic E-state index is 13.8. The van der Waals surface area contributed by atoms with Crippen molar-refractivity contribution in [2.75, 3.05) is 10.0 Å². The lowest BCUT2D eigenvalue weighted by atomic mass is 10.1. The lowest BCUT2D eigenvalue weighted by molar-refractivity contribution is -0.115. The molecule has 5 nitrogen and oxygen atoms in total. The number of aryl methyl sites for hydroxylation is 1. The molecule has 3 aromatic rings. The number of rotatable bonds is 6. The summed E-state index contributed by atoms with van der Waals surface area (Å²) in [6.45, 7) is 1.63. The van der Waals surface area contributed by atoms with Gasteiger partial charge in [0.25, 0.3) is 10.0 Å². The Morgan fingerprint density at radius 3 is 2.41 bits per heavy atom. The van der Waals surface area contributed by atoms with Crippen molar-refractivity contribution in [1.82, 2.24) is 0 Å². The molecule has 0 aliphatic heterocycles. The molecule has 0 spiro atoms. The number of sulfonamides is 1. The van der Waals surface area contributed by atoms with Crippen LogP contribution in [0.5, 0.6) is 0 Å². The van der Waals surface area contributed by atoms with Crippen LogP contribution in [0.2, 0.25) is 0 Å². The molecule has 0 aliphatic rings.